The SMILES string of the molecule is COc1cccc([N+](=O)[O-])c1CC=CCONC(=O)N1C=CSC1c1ccncc1. The largest absolute Gasteiger partial charge is 0.496 e. The Morgan fingerprint density at radius 3 is 2.87 bits per heavy atom. The number of pyridine rings is 1. The van der Waals surface area contributed by atoms with Gasteiger partial charge in [-0.25, -0.2) is 10.3 Å². The Hall–Kier alpha value is -3.37. The van der Waals surface area contributed by atoms with Gasteiger partial charge in [0, 0.05) is 31.1 Å². The lowest BCUT2D eigenvalue weighted by atomic mass is 10.1. The molecule has 1 atom stereocenters. The highest BCUT2D eigenvalue weighted by Crippen LogP contribution is 2.38. The molecule has 2 amide bonds. The number of allylic oxidation sites excluding steroid dienone is 1. The third kappa shape index (κ3) is 5.16. The minimum atomic E-state index is -0.441. The Balaban J connectivity index is 1.50. The van der Waals surface area contributed by atoms with Crippen LogP contribution in [0.15, 0.2) is 66.5 Å². The second-order valence-electron chi connectivity index (χ2n) is 6.07. The summed E-state index contributed by atoms with van der Waals surface area (Å²) in [5, 5.41) is 12.8. The first kappa shape index (κ1) is 21.3. The second kappa shape index (κ2) is 10.4. The highest BCUT2D eigenvalue weighted by Gasteiger charge is 2.27. The fourth-order valence-electron chi connectivity index (χ4n) is 2.86. The normalized spacial score (nSPS) is 15.5. The van der Waals surface area contributed by atoms with Crippen molar-refractivity contribution in [1.29, 1.82) is 0 Å². The Kier molecular flexibility index (Phi) is 7.41. The minimum Gasteiger partial charge on any atom is -0.496 e. The molecule has 1 aromatic carbocycles. The van der Waals surface area contributed by atoms with Crippen LogP contribution in [0.2, 0.25) is 0 Å². The number of carbonyl (C=O) groups is 1. The van der Waals surface area contributed by atoms with Gasteiger partial charge < -0.3 is 4.74 Å². The van der Waals surface area contributed by atoms with Crippen molar-refractivity contribution in [3.8, 4) is 5.75 Å². The number of thioether (sulfide) groups is 1. The number of hydroxylamine groups is 1. The molecular formula is C20H20N4O5S. The van der Waals surface area contributed by atoms with Gasteiger partial charge in [-0.05, 0) is 29.2 Å². The molecule has 0 aliphatic carbocycles. The van der Waals surface area contributed by atoms with Crippen LogP contribution in [-0.2, 0) is 11.3 Å². The molecule has 2 aromatic rings. The molecule has 9 nitrogen and oxygen atoms in total. The number of rotatable bonds is 8. The standard InChI is InChI=1S/C20H20N4O5S/c1-28-18-7-4-6-17(24(26)27)16(18)5-2-3-13-29-22-20(25)23-12-14-30-19(23)15-8-10-21-11-9-15/h2-4,6-12,14,19H,5,13H2,1H3,(H,22,25). The van der Waals surface area contributed by atoms with Gasteiger partial charge in [0.15, 0.2) is 0 Å². The number of carbonyl (C=O) groups excluding carboxylic acids is 1. The van der Waals surface area contributed by atoms with Crippen molar-refractivity contribution in [2.24, 2.45) is 0 Å². The molecule has 0 bridgehead atoms. The summed E-state index contributed by atoms with van der Waals surface area (Å²) in [5.41, 5.74) is 3.82. The molecule has 1 aliphatic heterocycles. The number of nitrogens with zero attached hydrogens (tertiary/aromatic N) is 3. The lowest BCUT2D eigenvalue weighted by molar-refractivity contribution is -0.385. The van der Waals surface area contributed by atoms with Crippen LogP contribution in [0, 0.1) is 10.1 Å². The fourth-order valence-corrected chi connectivity index (χ4v) is 3.82. The van der Waals surface area contributed by atoms with Crippen molar-refractivity contribution in [2.45, 2.75) is 11.8 Å². The molecule has 3 rings (SSSR count). The van der Waals surface area contributed by atoms with Crippen LogP contribution in [0.25, 0.3) is 0 Å². The molecule has 156 valence electrons. The van der Waals surface area contributed by atoms with Crippen molar-refractivity contribution in [2.75, 3.05) is 13.7 Å². The summed E-state index contributed by atoms with van der Waals surface area (Å²) in [6.45, 7) is 0.110. The molecule has 30 heavy (non-hydrogen) atoms. The van der Waals surface area contributed by atoms with Gasteiger partial charge in [-0.15, -0.1) is 11.8 Å². The van der Waals surface area contributed by atoms with Gasteiger partial charge in [0.05, 0.1) is 24.2 Å². The van der Waals surface area contributed by atoms with E-state index in [1.807, 2.05) is 17.5 Å². The van der Waals surface area contributed by atoms with Gasteiger partial charge in [0.1, 0.15) is 11.1 Å². The van der Waals surface area contributed by atoms with Gasteiger partial charge in [-0.2, -0.15) is 0 Å². The number of nitro groups is 1. The van der Waals surface area contributed by atoms with E-state index in [4.69, 9.17) is 9.57 Å². The van der Waals surface area contributed by atoms with E-state index in [0.29, 0.717) is 17.7 Å². The van der Waals surface area contributed by atoms with E-state index in [-0.39, 0.29) is 17.7 Å². The lowest BCUT2D eigenvalue weighted by Crippen LogP contribution is -2.36. The van der Waals surface area contributed by atoms with E-state index < -0.39 is 11.0 Å². The first-order valence-electron chi connectivity index (χ1n) is 8.99. The molecule has 0 radical (unpaired) electrons. The van der Waals surface area contributed by atoms with Crippen molar-refractivity contribution in [1.82, 2.24) is 15.4 Å². The van der Waals surface area contributed by atoms with Gasteiger partial charge >= 0.3 is 6.03 Å². The van der Waals surface area contributed by atoms with Gasteiger partial charge in [-0.3, -0.25) is 24.8 Å². The summed E-state index contributed by atoms with van der Waals surface area (Å²) in [7, 11) is 1.47. The van der Waals surface area contributed by atoms with Crippen molar-refractivity contribution >= 4 is 23.5 Å². The number of benzene rings is 1. The number of hydrogen-bond donors (Lipinski definition) is 1. The predicted molar refractivity (Wildman–Crippen MR) is 113 cm³/mol. The van der Waals surface area contributed by atoms with Crippen LogP contribution >= 0.6 is 11.8 Å². The molecule has 2 heterocycles. The van der Waals surface area contributed by atoms with Gasteiger partial charge in [-0.1, -0.05) is 18.2 Å². The zero-order valence-electron chi connectivity index (χ0n) is 16.1. The first-order valence-corrected chi connectivity index (χ1v) is 9.93. The van der Waals surface area contributed by atoms with Gasteiger partial charge in [0.2, 0.25) is 0 Å². The van der Waals surface area contributed by atoms with Crippen molar-refractivity contribution < 1.29 is 19.3 Å². The van der Waals surface area contributed by atoms with E-state index in [9.17, 15) is 14.9 Å². The number of amides is 2. The minimum absolute atomic E-state index is 0.00584. The number of hydrogen-bond acceptors (Lipinski definition) is 7. The highest BCUT2D eigenvalue weighted by molar-refractivity contribution is 8.02. The number of methoxy groups -OCH3 is 1. The Morgan fingerprint density at radius 1 is 1.33 bits per heavy atom. The summed E-state index contributed by atoms with van der Waals surface area (Å²) in [5.74, 6) is 0.448. The monoisotopic (exact) mass is 428 g/mol. The zero-order valence-corrected chi connectivity index (χ0v) is 17.0. The third-order valence-electron chi connectivity index (χ3n) is 4.26. The van der Waals surface area contributed by atoms with E-state index in [0.717, 1.165) is 5.56 Å². The van der Waals surface area contributed by atoms with E-state index in [1.165, 1.54) is 29.8 Å². The first-order chi connectivity index (χ1) is 14.6. The lowest BCUT2D eigenvalue weighted by Gasteiger charge is -2.22. The molecule has 0 spiro atoms. The summed E-state index contributed by atoms with van der Waals surface area (Å²) < 4.78 is 5.20. The third-order valence-corrected chi connectivity index (χ3v) is 5.30. The van der Waals surface area contributed by atoms with Crippen LogP contribution in [0.5, 0.6) is 5.75 Å². The molecule has 0 saturated carbocycles. The summed E-state index contributed by atoms with van der Waals surface area (Å²) in [4.78, 5) is 33.9. The summed E-state index contributed by atoms with van der Waals surface area (Å²) in [6, 6.07) is 7.99. The number of aromatic nitrogens is 1. The number of nitro benzene ring substituents is 1. The van der Waals surface area contributed by atoms with Crippen LogP contribution in [0.1, 0.15) is 16.5 Å². The average molecular weight is 428 g/mol. The van der Waals surface area contributed by atoms with Crippen LogP contribution in [0.3, 0.4) is 0 Å². The van der Waals surface area contributed by atoms with Crippen LogP contribution < -0.4 is 10.2 Å². The molecule has 0 saturated heterocycles. The van der Waals surface area contributed by atoms with Crippen molar-refractivity contribution in [3.63, 3.8) is 0 Å². The summed E-state index contributed by atoms with van der Waals surface area (Å²) in [6.07, 6.45) is 8.74. The maximum Gasteiger partial charge on any atom is 0.346 e. The van der Waals surface area contributed by atoms with E-state index in [1.54, 1.807) is 42.9 Å². The predicted octanol–water partition coefficient (Wildman–Crippen LogP) is 3.96. The smallest absolute Gasteiger partial charge is 0.346 e. The molecule has 10 heteroatoms. The Bertz CT molecular complexity index is 951. The molecule has 1 unspecified atom stereocenters. The maximum atomic E-state index is 12.4. The van der Waals surface area contributed by atoms with Crippen LogP contribution in [-0.4, -0.2) is 34.6 Å². The summed E-state index contributed by atoms with van der Waals surface area (Å²) >= 11 is 1.50. The van der Waals surface area contributed by atoms with Crippen molar-refractivity contribution in [3.05, 3.63) is 87.7 Å². The fraction of sp³-hybridized carbons (Fsp3) is 0.200. The zero-order chi connectivity index (χ0) is 21.3. The second-order valence-corrected chi connectivity index (χ2v) is 7.06. The number of nitrogens with one attached hydrogen (secondary N) is 1. The molecule has 1 N–H and O–H groups in total. The highest BCUT2D eigenvalue weighted by atomic mass is 32.2. The van der Waals surface area contributed by atoms with E-state index >= 15 is 0 Å². The van der Waals surface area contributed by atoms with Crippen LogP contribution in [0.4, 0.5) is 10.5 Å². The van der Waals surface area contributed by atoms with Gasteiger partial charge in [0.25, 0.3) is 5.69 Å². The Labute approximate surface area is 177 Å². The molecule has 1 aromatic heterocycles. The maximum absolute atomic E-state index is 12.4. The molecule has 1 aliphatic rings. The Morgan fingerprint density at radius 2 is 2.13 bits per heavy atom. The number of urea groups is 1. The molecular weight excluding hydrogens is 408 g/mol. The number of ether oxygens (including phenoxy) is 1. The quantitative estimate of drug-likeness (QED) is 0.293. The van der Waals surface area contributed by atoms with E-state index in [2.05, 4.69) is 10.5 Å². The molecule has 0 fully saturated rings. The average Bonchev–Trinajstić information content (AvgIpc) is 3.26. The topological polar surface area (TPSA) is 107 Å².